The first-order chi connectivity index (χ1) is 10.1. The van der Waals surface area contributed by atoms with Crippen LogP contribution in [-0.2, 0) is 5.75 Å². The van der Waals surface area contributed by atoms with Crippen LogP contribution in [0.15, 0.2) is 48.5 Å². The molecule has 0 amide bonds. The predicted octanol–water partition coefficient (Wildman–Crippen LogP) is 4.85. The second-order valence-electron chi connectivity index (χ2n) is 5.28. The van der Waals surface area contributed by atoms with Gasteiger partial charge in [0.05, 0.1) is 0 Å². The maximum absolute atomic E-state index is 13.1. The standard InChI is InChI=1S/C18H22FNS/c1-3-17(20)18(14-8-10-16(19)11-9-14)21-12-15-7-5-4-6-13(15)2/h4-11,17-18H,3,12,20H2,1-2H3. The molecule has 21 heavy (non-hydrogen) atoms. The molecular weight excluding hydrogens is 281 g/mol. The molecule has 0 aliphatic carbocycles. The van der Waals surface area contributed by atoms with Crippen LogP contribution in [0.2, 0.25) is 0 Å². The van der Waals surface area contributed by atoms with E-state index in [1.54, 1.807) is 0 Å². The van der Waals surface area contributed by atoms with Crippen LogP contribution in [0, 0.1) is 12.7 Å². The molecule has 0 aliphatic heterocycles. The SMILES string of the molecule is CCC(N)C(SCc1ccccc1C)c1ccc(F)cc1. The van der Waals surface area contributed by atoms with Crippen molar-refractivity contribution in [3.8, 4) is 0 Å². The lowest BCUT2D eigenvalue weighted by Gasteiger charge is -2.23. The summed E-state index contributed by atoms with van der Waals surface area (Å²) in [5, 5.41) is 0.190. The van der Waals surface area contributed by atoms with Crippen LogP contribution in [0.1, 0.15) is 35.3 Å². The molecule has 0 spiro atoms. The Bertz CT molecular complexity index is 568. The third-order valence-corrected chi connectivity index (χ3v) is 5.20. The van der Waals surface area contributed by atoms with Gasteiger partial charge in [0.15, 0.2) is 0 Å². The highest BCUT2D eigenvalue weighted by Gasteiger charge is 2.19. The number of aryl methyl sites for hydroxylation is 1. The molecule has 0 aromatic heterocycles. The lowest BCUT2D eigenvalue weighted by Crippen LogP contribution is -2.25. The van der Waals surface area contributed by atoms with Crippen LogP contribution in [0.25, 0.3) is 0 Å². The van der Waals surface area contributed by atoms with E-state index in [0.29, 0.717) is 0 Å². The van der Waals surface area contributed by atoms with Gasteiger partial charge < -0.3 is 5.73 Å². The van der Waals surface area contributed by atoms with E-state index in [4.69, 9.17) is 5.73 Å². The third kappa shape index (κ3) is 4.32. The van der Waals surface area contributed by atoms with Gasteiger partial charge in [-0.2, -0.15) is 0 Å². The maximum atomic E-state index is 13.1. The van der Waals surface area contributed by atoms with Crippen molar-refractivity contribution in [3.05, 3.63) is 71.0 Å². The molecule has 0 saturated carbocycles. The summed E-state index contributed by atoms with van der Waals surface area (Å²) in [6.45, 7) is 4.22. The van der Waals surface area contributed by atoms with Crippen molar-refractivity contribution in [2.24, 2.45) is 5.73 Å². The Hall–Kier alpha value is -1.32. The Morgan fingerprint density at radius 1 is 1.10 bits per heavy atom. The van der Waals surface area contributed by atoms with Gasteiger partial charge in [-0.3, -0.25) is 0 Å². The molecule has 0 heterocycles. The van der Waals surface area contributed by atoms with Crippen molar-refractivity contribution in [3.63, 3.8) is 0 Å². The Kier molecular flexibility index (Phi) is 5.83. The molecule has 2 aromatic carbocycles. The van der Waals surface area contributed by atoms with E-state index in [9.17, 15) is 4.39 Å². The summed E-state index contributed by atoms with van der Waals surface area (Å²) in [7, 11) is 0. The van der Waals surface area contributed by atoms with E-state index < -0.39 is 0 Å². The van der Waals surface area contributed by atoms with Crippen molar-refractivity contribution in [1.82, 2.24) is 0 Å². The normalized spacial score (nSPS) is 13.9. The lowest BCUT2D eigenvalue weighted by atomic mass is 10.0. The highest BCUT2D eigenvalue weighted by Crippen LogP contribution is 2.35. The first kappa shape index (κ1) is 16.1. The van der Waals surface area contributed by atoms with Crippen molar-refractivity contribution >= 4 is 11.8 Å². The number of hydrogen-bond donors (Lipinski definition) is 1. The average Bonchev–Trinajstić information content (AvgIpc) is 2.50. The first-order valence-electron chi connectivity index (χ1n) is 7.29. The van der Waals surface area contributed by atoms with Crippen molar-refractivity contribution in [1.29, 1.82) is 0 Å². The molecular formula is C18H22FNS. The van der Waals surface area contributed by atoms with Crippen molar-refractivity contribution < 1.29 is 4.39 Å². The Morgan fingerprint density at radius 3 is 2.38 bits per heavy atom. The molecule has 0 fully saturated rings. The van der Waals surface area contributed by atoms with E-state index in [1.807, 2.05) is 23.9 Å². The van der Waals surface area contributed by atoms with E-state index in [2.05, 4.69) is 38.1 Å². The summed E-state index contributed by atoms with van der Waals surface area (Å²) in [5.41, 5.74) is 10.0. The molecule has 3 heteroatoms. The molecule has 0 aliphatic rings. The molecule has 1 nitrogen and oxygen atoms in total. The first-order valence-corrected chi connectivity index (χ1v) is 8.34. The Balaban J connectivity index is 2.14. The van der Waals surface area contributed by atoms with Crippen LogP contribution in [0.5, 0.6) is 0 Å². The zero-order chi connectivity index (χ0) is 15.2. The van der Waals surface area contributed by atoms with Gasteiger partial charge in [0, 0.05) is 17.0 Å². The number of halogens is 1. The molecule has 2 unspecified atom stereocenters. The number of hydrogen-bond acceptors (Lipinski definition) is 2. The van der Waals surface area contributed by atoms with Gasteiger partial charge >= 0.3 is 0 Å². The Labute approximate surface area is 130 Å². The van der Waals surface area contributed by atoms with Crippen LogP contribution in [0.3, 0.4) is 0 Å². The Morgan fingerprint density at radius 2 is 1.76 bits per heavy atom. The topological polar surface area (TPSA) is 26.0 Å². The summed E-state index contributed by atoms with van der Waals surface area (Å²) in [5.74, 6) is 0.717. The summed E-state index contributed by atoms with van der Waals surface area (Å²) in [6, 6.07) is 15.2. The third-order valence-electron chi connectivity index (χ3n) is 3.74. The largest absolute Gasteiger partial charge is 0.326 e. The zero-order valence-electron chi connectivity index (χ0n) is 12.6. The summed E-state index contributed by atoms with van der Waals surface area (Å²) in [4.78, 5) is 0. The van der Waals surface area contributed by atoms with Gasteiger partial charge in [0.25, 0.3) is 0 Å². The van der Waals surface area contributed by atoms with Gasteiger partial charge in [-0.25, -0.2) is 4.39 Å². The zero-order valence-corrected chi connectivity index (χ0v) is 13.4. The van der Waals surface area contributed by atoms with Gasteiger partial charge in [0.2, 0.25) is 0 Å². The fourth-order valence-corrected chi connectivity index (χ4v) is 3.76. The maximum Gasteiger partial charge on any atom is 0.123 e. The predicted molar refractivity (Wildman–Crippen MR) is 89.9 cm³/mol. The van der Waals surface area contributed by atoms with Crippen LogP contribution in [0.4, 0.5) is 4.39 Å². The molecule has 2 rings (SSSR count). The quantitative estimate of drug-likeness (QED) is 0.826. The van der Waals surface area contributed by atoms with Crippen molar-refractivity contribution in [2.75, 3.05) is 0 Å². The van der Waals surface area contributed by atoms with E-state index in [-0.39, 0.29) is 17.1 Å². The van der Waals surface area contributed by atoms with E-state index >= 15 is 0 Å². The van der Waals surface area contributed by atoms with Gasteiger partial charge in [-0.15, -0.1) is 11.8 Å². The second kappa shape index (κ2) is 7.62. The number of thioether (sulfide) groups is 1. The smallest absolute Gasteiger partial charge is 0.123 e. The van der Waals surface area contributed by atoms with E-state index in [0.717, 1.165) is 17.7 Å². The highest BCUT2D eigenvalue weighted by atomic mass is 32.2. The minimum atomic E-state index is -0.202. The molecule has 0 radical (unpaired) electrons. The number of nitrogens with two attached hydrogens (primary N) is 1. The summed E-state index contributed by atoms with van der Waals surface area (Å²) < 4.78 is 13.1. The number of rotatable bonds is 6. The summed E-state index contributed by atoms with van der Waals surface area (Å²) in [6.07, 6.45) is 0.906. The van der Waals surface area contributed by atoms with Crippen LogP contribution < -0.4 is 5.73 Å². The van der Waals surface area contributed by atoms with E-state index in [1.165, 1.54) is 23.3 Å². The van der Waals surface area contributed by atoms with Crippen LogP contribution in [-0.4, -0.2) is 6.04 Å². The molecule has 0 bridgehead atoms. The fraction of sp³-hybridized carbons (Fsp3) is 0.333. The van der Waals surface area contributed by atoms with Crippen LogP contribution >= 0.6 is 11.8 Å². The number of benzene rings is 2. The van der Waals surface area contributed by atoms with Crippen molar-refractivity contribution in [2.45, 2.75) is 37.3 Å². The minimum Gasteiger partial charge on any atom is -0.326 e. The molecule has 2 aromatic rings. The molecule has 2 atom stereocenters. The lowest BCUT2D eigenvalue weighted by molar-refractivity contribution is 0.617. The fourth-order valence-electron chi connectivity index (χ4n) is 2.29. The minimum absolute atomic E-state index is 0.0736. The average molecular weight is 303 g/mol. The second-order valence-corrected chi connectivity index (χ2v) is 6.41. The molecule has 0 saturated heterocycles. The van der Waals surface area contributed by atoms with Gasteiger partial charge in [-0.05, 0) is 42.2 Å². The highest BCUT2D eigenvalue weighted by molar-refractivity contribution is 7.98. The summed E-state index contributed by atoms with van der Waals surface area (Å²) >= 11 is 1.83. The van der Waals surface area contributed by atoms with Gasteiger partial charge in [0.1, 0.15) is 5.82 Å². The molecule has 2 N–H and O–H groups in total. The molecule has 112 valence electrons. The monoisotopic (exact) mass is 303 g/mol. The van der Waals surface area contributed by atoms with Gasteiger partial charge in [-0.1, -0.05) is 43.3 Å².